The molecule has 0 bridgehead atoms. The Bertz CT molecular complexity index is 533. The van der Waals surface area contributed by atoms with Crippen LogP contribution in [0.25, 0.3) is 0 Å². The first-order valence-corrected chi connectivity index (χ1v) is 7.52. The van der Waals surface area contributed by atoms with Gasteiger partial charge in [0.05, 0.1) is 13.2 Å². The van der Waals surface area contributed by atoms with Crippen molar-refractivity contribution >= 4 is 5.69 Å². The quantitative estimate of drug-likeness (QED) is 0.809. The Morgan fingerprint density at radius 2 is 2.00 bits per heavy atom. The number of nitrogens with zero attached hydrogens (tertiary/aromatic N) is 3. The predicted molar refractivity (Wildman–Crippen MR) is 84.4 cm³/mol. The molecule has 0 atom stereocenters. The van der Waals surface area contributed by atoms with E-state index in [2.05, 4.69) is 36.2 Å². The van der Waals surface area contributed by atoms with Crippen LogP contribution in [-0.2, 0) is 13.1 Å². The van der Waals surface area contributed by atoms with Gasteiger partial charge in [-0.1, -0.05) is 20.8 Å². The molecule has 0 aliphatic rings. The molecular formula is C16H24N4O. The molecule has 0 spiro atoms. The average molecular weight is 288 g/mol. The molecule has 1 aromatic heterocycles. The molecule has 1 aromatic carbocycles. The highest BCUT2D eigenvalue weighted by Gasteiger charge is 2.06. The van der Waals surface area contributed by atoms with Gasteiger partial charge in [-0.2, -0.15) is 5.10 Å². The van der Waals surface area contributed by atoms with Crippen molar-refractivity contribution in [1.82, 2.24) is 14.8 Å². The van der Waals surface area contributed by atoms with Crippen molar-refractivity contribution in [3.05, 3.63) is 36.4 Å². The van der Waals surface area contributed by atoms with Crippen LogP contribution in [0.5, 0.6) is 5.75 Å². The Morgan fingerprint density at radius 1 is 1.24 bits per heavy atom. The fourth-order valence-electron chi connectivity index (χ4n) is 1.99. The SMILES string of the molecule is CCCOc1ccc(NCc2ncnn2CC(C)C)cc1. The molecular weight excluding hydrogens is 264 g/mol. The fourth-order valence-corrected chi connectivity index (χ4v) is 1.99. The average Bonchev–Trinajstić information content (AvgIpc) is 2.90. The third kappa shape index (κ3) is 4.77. The van der Waals surface area contributed by atoms with E-state index in [0.29, 0.717) is 12.5 Å². The van der Waals surface area contributed by atoms with Gasteiger partial charge in [-0.15, -0.1) is 0 Å². The zero-order chi connectivity index (χ0) is 15.1. The largest absolute Gasteiger partial charge is 0.494 e. The standard InChI is InChI=1S/C16H24N4O/c1-4-9-21-15-7-5-14(6-8-15)17-10-16-18-12-19-20(16)11-13(2)3/h5-8,12-13,17H,4,9-11H2,1-3H3. The molecule has 0 unspecified atom stereocenters. The van der Waals surface area contributed by atoms with Gasteiger partial charge >= 0.3 is 0 Å². The van der Waals surface area contributed by atoms with Crippen LogP contribution in [0.15, 0.2) is 30.6 Å². The predicted octanol–water partition coefficient (Wildman–Crippen LogP) is 3.34. The normalized spacial score (nSPS) is 10.9. The molecule has 1 heterocycles. The van der Waals surface area contributed by atoms with Gasteiger partial charge in [0.25, 0.3) is 0 Å². The number of hydrogen-bond acceptors (Lipinski definition) is 4. The minimum Gasteiger partial charge on any atom is -0.494 e. The molecule has 2 rings (SSSR count). The lowest BCUT2D eigenvalue weighted by Gasteiger charge is -2.10. The zero-order valence-electron chi connectivity index (χ0n) is 13.0. The van der Waals surface area contributed by atoms with Crippen molar-refractivity contribution in [2.75, 3.05) is 11.9 Å². The van der Waals surface area contributed by atoms with Crippen LogP contribution in [0.3, 0.4) is 0 Å². The monoisotopic (exact) mass is 288 g/mol. The number of hydrogen-bond donors (Lipinski definition) is 1. The summed E-state index contributed by atoms with van der Waals surface area (Å²) < 4.78 is 7.52. The molecule has 5 heteroatoms. The van der Waals surface area contributed by atoms with E-state index in [1.54, 1.807) is 6.33 Å². The van der Waals surface area contributed by atoms with Gasteiger partial charge in [-0.05, 0) is 36.6 Å². The zero-order valence-corrected chi connectivity index (χ0v) is 13.0. The Hall–Kier alpha value is -2.04. The molecule has 5 nitrogen and oxygen atoms in total. The summed E-state index contributed by atoms with van der Waals surface area (Å²) in [6.07, 6.45) is 2.63. The summed E-state index contributed by atoms with van der Waals surface area (Å²) in [7, 11) is 0. The molecule has 0 fully saturated rings. The van der Waals surface area contributed by atoms with Gasteiger partial charge in [0.15, 0.2) is 0 Å². The second-order valence-corrected chi connectivity index (χ2v) is 5.48. The maximum absolute atomic E-state index is 5.57. The summed E-state index contributed by atoms with van der Waals surface area (Å²) in [6.45, 7) is 8.76. The van der Waals surface area contributed by atoms with E-state index in [0.717, 1.165) is 36.8 Å². The minimum atomic E-state index is 0.556. The summed E-state index contributed by atoms with van der Waals surface area (Å²) in [5.74, 6) is 2.42. The van der Waals surface area contributed by atoms with E-state index in [9.17, 15) is 0 Å². The molecule has 0 aliphatic carbocycles. The Kier molecular flexibility index (Phi) is 5.60. The minimum absolute atomic E-state index is 0.556. The van der Waals surface area contributed by atoms with Crippen molar-refractivity contribution in [1.29, 1.82) is 0 Å². The number of ether oxygens (including phenoxy) is 1. The van der Waals surface area contributed by atoms with Gasteiger partial charge in [0.2, 0.25) is 0 Å². The molecule has 0 aliphatic heterocycles. The molecule has 0 saturated heterocycles. The van der Waals surface area contributed by atoms with E-state index in [-0.39, 0.29) is 0 Å². The molecule has 0 radical (unpaired) electrons. The van der Waals surface area contributed by atoms with Gasteiger partial charge in [-0.25, -0.2) is 9.67 Å². The lowest BCUT2D eigenvalue weighted by molar-refractivity contribution is 0.317. The van der Waals surface area contributed by atoms with Crippen LogP contribution >= 0.6 is 0 Å². The molecule has 0 amide bonds. The Labute approximate surface area is 126 Å². The summed E-state index contributed by atoms with van der Waals surface area (Å²) in [5, 5.41) is 7.63. The molecule has 2 aromatic rings. The summed E-state index contributed by atoms with van der Waals surface area (Å²) >= 11 is 0. The molecule has 1 N–H and O–H groups in total. The Morgan fingerprint density at radius 3 is 2.67 bits per heavy atom. The fraction of sp³-hybridized carbons (Fsp3) is 0.500. The van der Waals surface area contributed by atoms with Crippen molar-refractivity contribution in [2.45, 2.75) is 40.3 Å². The molecule has 0 saturated carbocycles. The first-order valence-electron chi connectivity index (χ1n) is 7.52. The van der Waals surface area contributed by atoms with Gasteiger partial charge in [-0.3, -0.25) is 0 Å². The lowest BCUT2D eigenvalue weighted by atomic mass is 10.2. The highest BCUT2D eigenvalue weighted by atomic mass is 16.5. The molecule has 21 heavy (non-hydrogen) atoms. The third-order valence-electron chi connectivity index (χ3n) is 3.01. The highest BCUT2D eigenvalue weighted by Crippen LogP contribution is 2.16. The highest BCUT2D eigenvalue weighted by molar-refractivity contribution is 5.46. The Balaban J connectivity index is 1.89. The van der Waals surface area contributed by atoms with E-state index in [1.165, 1.54) is 0 Å². The van der Waals surface area contributed by atoms with Crippen LogP contribution < -0.4 is 10.1 Å². The third-order valence-corrected chi connectivity index (χ3v) is 3.01. The first-order chi connectivity index (χ1) is 10.2. The number of nitrogens with one attached hydrogen (secondary N) is 1. The van der Waals surface area contributed by atoms with E-state index in [1.807, 2.05) is 28.9 Å². The second kappa shape index (κ2) is 7.67. The van der Waals surface area contributed by atoms with Crippen molar-refractivity contribution in [3.63, 3.8) is 0 Å². The molecule has 114 valence electrons. The second-order valence-electron chi connectivity index (χ2n) is 5.48. The maximum atomic E-state index is 5.57. The van der Waals surface area contributed by atoms with E-state index >= 15 is 0 Å². The summed E-state index contributed by atoms with van der Waals surface area (Å²) in [4.78, 5) is 4.31. The van der Waals surface area contributed by atoms with Crippen LogP contribution in [0.1, 0.15) is 33.0 Å². The summed E-state index contributed by atoms with van der Waals surface area (Å²) in [6, 6.07) is 8.01. The van der Waals surface area contributed by atoms with Gasteiger partial charge < -0.3 is 10.1 Å². The maximum Gasteiger partial charge on any atom is 0.146 e. The number of anilines is 1. The van der Waals surface area contributed by atoms with E-state index in [4.69, 9.17) is 4.74 Å². The van der Waals surface area contributed by atoms with Crippen molar-refractivity contribution in [2.24, 2.45) is 5.92 Å². The van der Waals surface area contributed by atoms with Crippen molar-refractivity contribution in [3.8, 4) is 5.75 Å². The van der Waals surface area contributed by atoms with E-state index < -0.39 is 0 Å². The summed E-state index contributed by atoms with van der Waals surface area (Å²) in [5.41, 5.74) is 1.05. The number of rotatable bonds is 8. The van der Waals surface area contributed by atoms with Gasteiger partial charge in [0, 0.05) is 12.2 Å². The smallest absolute Gasteiger partial charge is 0.146 e. The lowest BCUT2D eigenvalue weighted by Crippen LogP contribution is -2.13. The van der Waals surface area contributed by atoms with Crippen LogP contribution in [0.2, 0.25) is 0 Å². The number of aromatic nitrogens is 3. The van der Waals surface area contributed by atoms with Crippen LogP contribution in [0, 0.1) is 5.92 Å². The first kappa shape index (κ1) is 15.4. The van der Waals surface area contributed by atoms with Crippen LogP contribution in [0.4, 0.5) is 5.69 Å². The number of benzene rings is 1. The topological polar surface area (TPSA) is 52.0 Å². The van der Waals surface area contributed by atoms with Gasteiger partial charge in [0.1, 0.15) is 17.9 Å². The van der Waals surface area contributed by atoms with Crippen molar-refractivity contribution < 1.29 is 4.74 Å². The van der Waals surface area contributed by atoms with Crippen LogP contribution in [-0.4, -0.2) is 21.4 Å².